The van der Waals surface area contributed by atoms with Crippen LogP contribution in [0.5, 0.6) is 0 Å². The number of aliphatic hydroxyl groups is 1. The zero-order valence-electron chi connectivity index (χ0n) is 8.23. The largest absolute Gasteiger partial charge is 0.389 e. The average Bonchev–Trinajstić information content (AvgIpc) is 2.57. The van der Waals surface area contributed by atoms with Crippen LogP contribution >= 0.6 is 0 Å². The van der Waals surface area contributed by atoms with Crippen LogP contribution in [0.15, 0.2) is 0 Å². The van der Waals surface area contributed by atoms with Gasteiger partial charge < -0.3 is 9.84 Å². The van der Waals surface area contributed by atoms with E-state index in [9.17, 15) is 14.7 Å². The summed E-state index contributed by atoms with van der Waals surface area (Å²) < 4.78 is 5.06. The predicted molar refractivity (Wildman–Crippen MR) is 49.9 cm³/mol. The van der Waals surface area contributed by atoms with Crippen molar-refractivity contribution in [3.63, 3.8) is 0 Å². The second-order valence-corrected chi connectivity index (χ2v) is 3.88. The number of aliphatic hydroxyl groups excluding tert-OH is 1. The molecular formula is C9H14N2O4. The van der Waals surface area contributed by atoms with E-state index in [1.165, 1.54) is 0 Å². The molecular weight excluding hydrogens is 200 g/mol. The first-order valence-electron chi connectivity index (χ1n) is 5.02. The Kier molecular flexibility index (Phi) is 2.99. The van der Waals surface area contributed by atoms with Crippen LogP contribution < -0.4 is 10.6 Å². The summed E-state index contributed by atoms with van der Waals surface area (Å²) in [6.45, 7) is 0.698. The molecule has 3 N–H and O–H groups in total. The molecule has 2 amide bonds. The van der Waals surface area contributed by atoms with Gasteiger partial charge in [0.2, 0.25) is 11.8 Å². The fourth-order valence-corrected chi connectivity index (χ4v) is 1.81. The molecule has 3 unspecified atom stereocenters. The van der Waals surface area contributed by atoms with E-state index >= 15 is 0 Å². The van der Waals surface area contributed by atoms with Gasteiger partial charge in [-0.2, -0.15) is 0 Å². The summed E-state index contributed by atoms with van der Waals surface area (Å²) in [4.78, 5) is 22.3. The van der Waals surface area contributed by atoms with Gasteiger partial charge >= 0.3 is 0 Å². The molecule has 0 radical (unpaired) electrons. The summed E-state index contributed by atoms with van der Waals surface area (Å²) in [5, 5.41) is 14.7. The van der Waals surface area contributed by atoms with Crippen molar-refractivity contribution in [3.8, 4) is 0 Å². The van der Waals surface area contributed by atoms with E-state index in [0.717, 1.165) is 0 Å². The van der Waals surface area contributed by atoms with Crippen molar-refractivity contribution >= 4 is 11.8 Å². The van der Waals surface area contributed by atoms with Crippen LogP contribution in [0.4, 0.5) is 0 Å². The van der Waals surface area contributed by atoms with Gasteiger partial charge in [-0.3, -0.25) is 20.2 Å². The highest BCUT2D eigenvalue weighted by Gasteiger charge is 2.33. The first kappa shape index (κ1) is 10.5. The lowest BCUT2D eigenvalue weighted by Crippen LogP contribution is -2.55. The summed E-state index contributed by atoms with van der Waals surface area (Å²) >= 11 is 0. The molecule has 0 spiro atoms. The number of imide groups is 1. The van der Waals surface area contributed by atoms with E-state index in [1.807, 2.05) is 0 Å². The normalized spacial score (nSPS) is 36.7. The fraction of sp³-hybridized carbons (Fsp3) is 0.778. The Labute approximate surface area is 87.0 Å². The number of hydrogen-bond donors (Lipinski definition) is 3. The number of nitrogens with one attached hydrogen (secondary N) is 2. The fourth-order valence-electron chi connectivity index (χ4n) is 1.81. The van der Waals surface area contributed by atoms with E-state index in [-0.39, 0.29) is 17.9 Å². The highest BCUT2D eigenvalue weighted by molar-refractivity contribution is 6.00. The summed E-state index contributed by atoms with van der Waals surface area (Å²) in [5.74, 6) is -0.549. The summed E-state index contributed by atoms with van der Waals surface area (Å²) in [5.41, 5.74) is 0. The maximum atomic E-state index is 11.4. The van der Waals surface area contributed by atoms with Crippen molar-refractivity contribution < 1.29 is 19.4 Å². The van der Waals surface area contributed by atoms with Gasteiger partial charge in [0.15, 0.2) is 0 Å². The number of hydrogen-bond acceptors (Lipinski definition) is 5. The zero-order chi connectivity index (χ0) is 10.8. The van der Waals surface area contributed by atoms with E-state index in [2.05, 4.69) is 10.6 Å². The molecule has 0 aromatic carbocycles. The Bertz CT molecular complexity index is 281. The number of carbonyl (C=O) groups is 2. The van der Waals surface area contributed by atoms with E-state index in [1.54, 1.807) is 0 Å². The van der Waals surface area contributed by atoms with Gasteiger partial charge in [0.25, 0.3) is 0 Å². The summed E-state index contributed by atoms with van der Waals surface area (Å²) in [7, 11) is 0. The maximum absolute atomic E-state index is 11.4. The first-order chi connectivity index (χ1) is 7.16. The lowest BCUT2D eigenvalue weighted by molar-refractivity contribution is -0.134. The quantitative estimate of drug-likeness (QED) is 0.469. The van der Waals surface area contributed by atoms with Crippen LogP contribution in [0.3, 0.4) is 0 Å². The monoisotopic (exact) mass is 214 g/mol. The standard InChI is InChI=1S/C9H14N2O4/c12-7-4-15-3-6(7)10-5-1-2-8(13)11-9(5)14/h5-7,10,12H,1-4H2,(H,11,13,14). The molecule has 84 valence electrons. The van der Waals surface area contributed by atoms with Crippen molar-refractivity contribution in [3.05, 3.63) is 0 Å². The molecule has 6 nitrogen and oxygen atoms in total. The topological polar surface area (TPSA) is 87.7 Å². The molecule has 0 saturated carbocycles. The molecule has 3 atom stereocenters. The molecule has 2 heterocycles. The van der Waals surface area contributed by atoms with Crippen LogP contribution in [0.2, 0.25) is 0 Å². The first-order valence-corrected chi connectivity index (χ1v) is 5.02. The maximum Gasteiger partial charge on any atom is 0.243 e. The Hall–Kier alpha value is -0.980. The summed E-state index contributed by atoms with van der Waals surface area (Å²) in [6.07, 6.45) is 0.247. The van der Waals surface area contributed by atoms with Crippen LogP contribution in [0.1, 0.15) is 12.8 Å². The Morgan fingerprint density at radius 2 is 2.20 bits per heavy atom. The molecule has 0 aromatic rings. The van der Waals surface area contributed by atoms with Gasteiger partial charge in [0, 0.05) is 6.42 Å². The summed E-state index contributed by atoms with van der Waals surface area (Å²) in [6, 6.07) is -0.613. The van der Waals surface area contributed by atoms with Crippen molar-refractivity contribution in [2.45, 2.75) is 31.0 Å². The molecule has 2 aliphatic heterocycles. The molecule has 2 fully saturated rings. The predicted octanol–water partition coefficient (Wildman–Crippen LogP) is -1.86. The second-order valence-electron chi connectivity index (χ2n) is 3.88. The third-order valence-electron chi connectivity index (χ3n) is 2.70. The average molecular weight is 214 g/mol. The minimum Gasteiger partial charge on any atom is -0.389 e. The van der Waals surface area contributed by atoms with Gasteiger partial charge in [0.05, 0.1) is 31.4 Å². The Morgan fingerprint density at radius 1 is 1.40 bits per heavy atom. The molecule has 15 heavy (non-hydrogen) atoms. The van der Waals surface area contributed by atoms with Gasteiger partial charge in [-0.1, -0.05) is 0 Å². The second kappa shape index (κ2) is 4.26. The number of carbonyl (C=O) groups excluding carboxylic acids is 2. The van der Waals surface area contributed by atoms with Crippen LogP contribution in [0, 0.1) is 0 Å². The molecule has 6 heteroatoms. The van der Waals surface area contributed by atoms with Crippen molar-refractivity contribution in [2.75, 3.05) is 13.2 Å². The van der Waals surface area contributed by atoms with E-state index in [0.29, 0.717) is 26.1 Å². The van der Waals surface area contributed by atoms with Crippen LogP contribution in [0.25, 0.3) is 0 Å². The molecule has 0 aromatic heterocycles. The van der Waals surface area contributed by atoms with Gasteiger partial charge in [-0.05, 0) is 6.42 Å². The SMILES string of the molecule is O=C1CCC(NC2COCC2O)C(=O)N1. The molecule has 2 saturated heterocycles. The molecule has 0 bridgehead atoms. The number of piperidine rings is 1. The smallest absolute Gasteiger partial charge is 0.243 e. The minimum atomic E-state index is -0.574. The number of rotatable bonds is 2. The lowest BCUT2D eigenvalue weighted by atomic mass is 10.0. The van der Waals surface area contributed by atoms with Gasteiger partial charge in [0.1, 0.15) is 0 Å². The third-order valence-corrected chi connectivity index (χ3v) is 2.70. The number of ether oxygens (including phenoxy) is 1. The van der Waals surface area contributed by atoms with Crippen molar-refractivity contribution in [1.82, 2.24) is 10.6 Å². The molecule has 2 aliphatic rings. The van der Waals surface area contributed by atoms with E-state index in [4.69, 9.17) is 4.74 Å². The van der Waals surface area contributed by atoms with Gasteiger partial charge in [-0.25, -0.2) is 0 Å². The lowest BCUT2D eigenvalue weighted by Gasteiger charge is -2.25. The highest BCUT2D eigenvalue weighted by atomic mass is 16.5. The van der Waals surface area contributed by atoms with Crippen LogP contribution in [-0.4, -0.2) is 48.3 Å². The van der Waals surface area contributed by atoms with Gasteiger partial charge in [-0.15, -0.1) is 0 Å². The Balaban J connectivity index is 1.88. The molecule has 2 rings (SSSR count). The highest BCUT2D eigenvalue weighted by Crippen LogP contribution is 2.10. The van der Waals surface area contributed by atoms with Crippen molar-refractivity contribution in [2.24, 2.45) is 0 Å². The third kappa shape index (κ3) is 2.34. The molecule has 0 aliphatic carbocycles. The van der Waals surface area contributed by atoms with Crippen LogP contribution in [-0.2, 0) is 14.3 Å². The number of amides is 2. The zero-order valence-corrected chi connectivity index (χ0v) is 8.23. The minimum absolute atomic E-state index is 0.214. The Morgan fingerprint density at radius 3 is 2.80 bits per heavy atom. The van der Waals surface area contributed by atoms with Crippen molar-refractivity contribution in [1.29, 1.82) is 0 Å². The van der Waals surface area contributed by atoms with E-state index < -0.39 is 12.1 Å².